The monoisotopic (exact) mass is 266 g/mol. The molecule has 19 heavy (non-hydrogen) atoms. The van der Waals surface area contributed by atoms with Crippen LogP contribution < -0.4 is 15.4 Å². The van der Waals surface area contributed by atoms with Gasteiger partial charge in [0.2, 0.25) is 5.91 Å². The SMILES string of the molecule is COC(=O)C(CNc1ccc(OC)cc1)NC(C)=O. The fraction of sp³-hybridized carbons (Fsp3) is 0.385. The van der Waals surface area contributed by atoms with Crippen LogP contribution in [0.4, 0.5) is 5.69 Å². The van der Waals surface area contributed by atoms with E-state index in [0.29, 0.717) is 0 Å². The topological polar surface area (TPSA) is 76.7 Å². The summed E-state index contributed by atoms with van der Waals surface area (Å²) >= 11 is 0. The summed E-state index contributed by atoms with van der Waals surface area (Å²) in [6.45, 7) is 1.60. The van der Waals surface area contributed by atoms with E-state index in [1.807, 2.05) is 12.1 Å². The molecule has 0 aliphatic carbocycles. The van der Waals surface area contributed by atoms with Crippen molar-refractivity contribution in [1.82, 2.24) is 5.32 Å². The summed E-state index contributed by atoms with van der Waals surface area (Å²) in [6.07, 6.45) is 0. The van der Waals surface area contributed by atoms with Gasteiger partial charge in [0.1, 0.15) is 11.8 Å². The zero-order chi connectivity index (χ0) is 14.3. The molecule has 1 atom stereocenters. The van der Waals surface area contributed by atoms with E-state index in [2.05, 4.69) is 15.4 Å². The lowest BCUT2D eigenvalue weighted by atomic mass is 10.2. The van der Waals surface area contributed by atoms with Crippen LogP contribution in [0.15, 0.2) is 24.3 Å². The van der Waals surface area contributed by atoms with Crippen LogP contribution in [-0.4, -0.2) is 38.7 Å². The molecule has 0 spiro atoms. The third-order valence-electron chi connectivity index (χ3n) is 2.46. The Morgan fingerprint density at radius 2 is 1.84 bits per heavy atom. The molecule has 0 heterocycles. The van der Waals surface area contributed by atoms with Gasteiger partial charge in [-0.25, -0.2) is 4.79 Å². The van der Waals surface area contributed by atoms with E-state index < -0.39 is 12.0 Å². The van der Waals surface area contributed by atoms with Crippen molar-refractivity contribution < 1.29 is 19.1 Å². The molecule has 0 saturated heterocycles. The fourth-order valence-electron chi connectivity index (χ4n) is 1.51. The summed E-state index contributed by atoms with van der Waals surface area (Å²) in [4.78, 5) is 22.5. The van der Waals surface area contributed by atoms with Gasteiger partial charge < -0.3 is 20.1 Å². The molecule has 2 N–H and O–H groups in total. The van der Waals surface area contributed by atoms with Gasteiger partial charge in [-0.2, -0.15) is 0 Å². The number of methoxy groups -OCH3 is 2. The lowest BCUT2D eigenvalue weighted by Gasteiger charge is -2.16. The van der Waals surface area contributed by atoms with Crippen molar-refractivity contribution in [3.05, 3.63) is 24.3 Å². The molecule has 6 nitrogen and oxygen atoms in total. The number of hydrogen-bond acceptors (Lipinski definition) is 5. The van der Waals surface area contributed by atoms with Crippen LogP contribution in [0.2, 0.25) is 0 Å². The molecule has 1 amide bonds. The second-order valence-corrected chi connectivity index (χ2v) is 3.89. The third kappa shape index (κ3) is 4.87. The van der Waals surface area contributed by atoms with E-state index in [1.54, 1.807) is 19.2 Å². The minimum absolute atomic E-state index is 0.249. The second kappa shape index (κ2) is 7.25. The number of ether oxygens (including phenoxy) is 2. The van der Waals surface area contributed by atoms with Gasteiger partial charge in [-0.1, -0.05) is 0 Å². The van der Waals surface area contributed by atoms with Gasteiger partial charge in [0.15, 0.2) is 0 Å². The average molecular weight is 266 g/mol. The number of rotatable bonds is 6. The summed E-state index contributed by atoms with van der Waals surface area (Å²) < 4.78 is 9.67. The zero-order valence-corrected chi connectivity index (χ0v) is 11.2. The lowest BCUT2D eigenvalue weighted by Crippen LogP contribution is -2.45. The number of amides is 1. The molecule has 1 unspecified atom stereocenters. The molecule has 1 aromatic carbocycles. The summed E-state index contributed by atoms with van der Waals surface area (Å²) in [6, 6.07) is 6.52. The first kappa shape index (κ1) is 14.8. The first-order chi connectivity index (χ1) is 9.06. The van der Waals surface area contributed by atoms with E-state index in [9.17, 15) is 9.59 Å². The van der Waals surface area contributed by atoms with Crippen molar-refractivity contribution in [3.8, 4) is 5.75 Å². The highest BCUT2D eigenvalue weighted by Crippen LogP contribution is 2.14. The maximum atomic E-state index is 11.5. The van der Waals surface area contributed by atoms with E-state index >= 15 is 0 Å². The molecule has 1 aromatic rings. The number of carbonyl (C=O) groups is 2. The molecule has 0 aliphatic rings. The van der Waals surface area contributed by atoms with E-state index in [0.717, 1.165) is 11.4 Å². The molecule has 0 radical (unpaired) electrons. The molecule has 1 rings (SSSR count). The van der Waals surface area contributed by atoms with Crippen LogP contribution in [-0.2, 0) is 14.3 Å². The van der Waals surface area contributed by atoms with Gasteiger partial charge in [0.05, 0.1) is 14.2 Å². The highest BCUT2D eigenvalue weighted by atomic mass is 16.5. The first-order valence-electron chi connectivity index (χ1n) is 5.79. The Labute approximate surface area is 112 Å². The minimum Gasteiger partial charge on any atom is -0.497 e. The van der Waals surface area contributed by atoms with Crippen LogP contribution in [0, 0.1) is 0 Å². The van der Waals surface area contributed by atoms with Gasteiger partial charge in [0.25, 0.3) is 0 Å². The number of nitrogens with one attached hydrogen (secondary N) is 2. The van der Waals surface area contributed by atoms with Crippen LogP contribution >= 0.6 is 0 Å². The molecule has 6 heteroatoms. The van der Waals surface area contributed by atoms with Crippen molar-refractivity contribution in [2.75, 3.05) is 26.1 Å². The minimum atomic E-state index is -0.718. The summed E-state index contributed by atoms with van der Waals surface area (Å²) in [5.74, 6) is -0.0277. The van der Waals surface area contributed by atoms with Crippen molar-refractivity contribution in [2.45, 2.75) is 13.0 Å². The standard InChI is InChI=1S/C13H18N2O4/c1-9(16)15-12(13(17)19-3)8-14-10-4-6-11(18-2)7-5-10/h4-7,12,14H,8H2,1-3H3,(H,15,16). The molecular weight excluding hydrogens is 248 g/mol. The summed E-state index contributed by atoms with van der Waals surface area (Å²) in [5.41, 5.74) is 0.819. The van der Waals surface area contributed by atoms with Crippen molar-refractivity contribution >= 4 is 17.6 Å². The lowest BCUT2D eigenvalue weighted by molar-refractivity contribution is -0.144. The van der Waals surface area contributed by atoms with Crippen LogP contribution in [0.3, 0.4) is 0 Å². The number of hydrogen-bond donors (Lipinski definition) is 2. The largest absolute Gasteiger partial charge is 0.497 e. The predicted molar refractivity (Wildman–Crippen MR) is 71.1 cm³/mol. The number of anilines is 1. The number of carbonyl (C=O) groups excluding carboxylic acids is 2. The third-order valence-corrected chi connectivity index (χ3v) is 2.46. The quantitative estimate of drug-likeness (QED) is 0.744. The van der Waals surface area contributed by atoms with Gasteiger partial charge in [0, 0.05) is 19.2 Å². The van der Waals surface area contributed by atoms with Crippen molar-refractivity contribution in [1.29, 1.82) is 0 Å². The number of benzene rings is 1. The number of esters is 1. The normalized spacial score (nSPS) is 11.3. The Balaban J connectivity index is 2.59. The fourth-order valence-corrected chi connectivity index (χ4v) is 1.51. The van der Waals surface area contributed by atoms with E-state index in [4.69, 9.17) is 4.74 Å². The molecule has 104 valence electrons. The first-order valence-corrected chi connectivity index (χ1v) is 5.79. The van der Waals surface area contributed by atoms with Gasteiger partial charge in [-0.3, -0.25) is 4.79 Å². The second-order valence-electron chi connectivity index (χ2n) is 3.89. The van der Waals surface area contributed by atoms with Gasteiger partial charge >= 0.3 is 5.97 Å². The van der Waals surface area contributed by atoms with Crippen LogP contribution in [0.5, 0.6) is 5.75 Å². The molecule has 0 bridgehead atoms. The predicted octanol–water partition coefficient (Wildman–Crippen LogP) is 0.785. The Hall–Kier alpha value is -2.24. The van der Waals surface area contributed by atoms with Gasteiger partial charge in [-0.05, 0) is 24.3 Å². The highest BCUT2D eigenvalue weighted by Gasteiger charge is 2.19. The Morgan fingerprint density at radius 1 is 1.21 bits per heavy atom. The summed E-state index contributed by atoms with van der Waals surface area (Å²) in [5, 5.41) is 5.57. The zero-order valence-electron chi connectivity index (χ0n) is 11.2. The van der Waals surface area contributed by atoms with Crippen LogP contribution in [0.25, 0.3) is 0 Å². The average Bonchev–Trinajstić information content (AvgIpc) is 2.42. The van der Waals surface area contributed by atoms with Crippen LogP contribution in [0.1, 0.15) is 6.92 Å². The van der Waals surface area contributed by atoms with E-state index in [1.165, 1.54) is 14.0 Å². The molecule has 0 aromatic heterocycles. The Kier molecular flexibility index (Phi) is 5.66. The van der Waals surface area contributed by atoms with E-state index in [-0.39, 0.29) is 12.5 Å². The van der Waals surface area contributed by atoms with Crippen molar-refractivity contribution in [2.24, 2.45) is 0 Å². The Bertz CT molecular complexity index is 431. The molecule has 0 fully saturated rings. The molecule has 0 saturated carbocycles. The highest BCUT2D eigenvalue weighted by molar-refractivity contribution is 5.83. The summed E-state index contributed by atoms with van der Waals surface area (Å²) in [7, 11) is 2.87. The smallest absolute Gasteiger partial charge is 0.330 e. The maximum Gasteiger partial charge on any atom is 0.330 e. The maximum absolute atomic E-state index is 11.5. The van der Waals surface area contributed by atoms with Crippen molar-refractivity contribution in [3.63, 3.8) is 0 Å². The Morgan fingerprint density at radius 3 is 2.32 bits per heavy atom. The molecule has 0 aliphatic heterocycles. The van der Waals surface area contributed by atoms with Gasteiger partial charge in [-0.15, -0.1) is 0 Å². The molecular formula is C13H18N2O4.